The molecule has 0 N–H and O–H groups in total. The lowest BCUT2D eigenvalue weighted by molar-refractivity contribution is -0.135. The summed E-state index contributed by atoms with van der Waals surface area (Å²) in [5, 5.41) is 2.45. The average Bonchev–Trinajstić information content (AvgIpc) is 3.40. The molecule has 0 bridgehead atoms. The van der Waals surface area contributed by atoms with Gasteiger partial charge in [0.2, 0.25) is 5.91 Å². The number of benzene rings is 2. The molecule has 0 saturated carbocycles. The first kappa shape index (κ1) is 27.0. The Morgan fingerprint density at radius 2 is 1.86 bits per heavy atom. The molecule has 4 rings (SSSR count). The Kier molecular flexibility index (Phi) is 9.11. The highest BCUT2D eigenvalue weighted by Crippen LogP contribution is 2.35. The van der Waals surface area contributed by atoms with Crippen LogP contribution in [0.25, 0.3) is 0 Å². The molecule has 2 atom stereocenters. The second-order valence-electron chi connectivity index (χ2n) is 9.29. The first-order valence-corrected chi connectivity index (χ1v) is 13.8. The van der Waals surface area contributed by atoms with Gasteiger partial charge in [-0.2, -0.15) is 0 Å². The quantitative estimate of drug-likeness (QED) is 0.311. The number of carbonyl (C=O) groups excluding carboxylic acids is 2. The van der Waals surface area contributed by atoms with E-state index < -0.39 is 0 Å². The summed E-state index contributed by atoms with van der Waals surface area (Å²) >= 11 is 8.05. The van der Waals surface area contributed by atoms with E-state index in [4.69, 9.17) is 21.1 Å². The first-order chi connectivity index (χ1) is 17.9. The zero-order valence-corrected chi connectivity index (χ0v) is 23.1. The summed E-state index contributed by atoms with van der Waals surface area (Å²) in [6.07, 6.45) is 1.69. The van der Waals surface area contributed by atoms with Gasteiger partial charge >= 0.3 is 0 Å². The molecule has 37 heavy (non-hydrogen) atoms. The van der Waals surface area contributed by atoms with Gasteiger partial charge in [0.05, 0.1) is 23.7 Å². The summed E-state index contributed by atoms with van der Waals surface area (Å²) in [6.45, 7) is 5.49. The fourth-order valence-electron chi connectivity index (χ4n) is 4.57. The molecule has 1 aromatic heterocycles. The van der Waals surface area contributed by atoms with Crippen LogP contribution in [0.1, 0.15) is 47.1 Å². The van der Waals surface area contributed by atoms with Crippen LogP contribution < -0.4 is 9.47 Å². The van der Waals surface area contributed by atoms with Crippen molar-refractivity contribution in [2.75, 3.05) is 33.4 Å². The lowest BCUT2D eigenvalue weighted by Gasteiger charge is -2.37. The number of rotatable bonds is 10. The van der Waals surface area contributed by atoms with E-state index in [1.54, 1.807) is 47.6 Å². The molecule has 196 valence electrons. The maximum absolute atomic E-state index is 13.8. The third-order valence-corrected chi connectivity index (χ3v) is 8.15. The van der Waals surface area contributed by atoms with Crippen LogP contribution >= 0.6 is 22.9 Å². The van der Waals surface area contributed by atoms with E-state index in [1.165, 1.54) is 4.88 Å². The van der Waals surface area contributed by atoms with Crippen LogP contribution in [-0.2, 0) is 11.2 Å². The third-order valence-electron chi connectivity index (χ3n) is 6.83. The molecular weight excluding hydrogens is 508 g/mol. The minimum Gasteiger partial charge on any atom is -0.493 e. The number of halogens is 1. The lowest BCUT2D eigenvalue weighted by Crippen LogP contribution is -2.48. The van der Waals surface area contributed by atoms with Gasteiger partial charge in [-0.25, -0.2) is 0 Å². The van der Waals surface area contributed by atoms with Gasteiger partial charge in [0.25, 0.3) is 5.91 Å². The molecule has 2 amide bonds. The lowest BCUT2D eigenvalue weighted by atomic mass is 10.00. The van der Waals surface area contributed by atoms with E-state index in [9.17, 15) is 9.59 Å². The van der Waals surface area contributed by atoms with Crippen LogP contribution in [0.3, 0.4) is 0 Å². The molecule has 0 spiro atoms. The molecule has 1 aliphatic rings. The van der Waals surface area contributed by atoms with Gasteiger partial charge in [0.1, 0.15) is 13.2 Å². The molecular formula is C29H33ClN2O4S. The molecule has 1 aliphatic heterocycles. The van der Waals surface area contributed by atoms with Gasteiger partial charge in [-0.05, 0) is 53.6 Å². The first-order valence-electron chi connectivity index (χ1n) is 12.6. The molecule has 0 fully saturated rings. The summed E-state index contributed by atoms with van der Waals surface area (Å²) in [4.78, 5) is 32.0. The van der Waals surface area contributed by atoms with E-state index in [-0.39, 0.29) is 30.3 Å². The van der Waals surface area contributed by atoms with E-state index >= 15 is 0 Å². The van der Waals surface area contributed by atoms with Crippen LogP contribution in [0.15, 0.2) is 60.0 Å². The van der Waals surface area contributed by atoms with Gasteiger partial charge in [0, 0.05) is 18.0 Å². The van der Waals surface area contributed by atoms with Crippen molar-refractivity contribution in [2.24, 2.45) is 5.92 Å². The van der Waals surface area contributed by atoms with Gasteiger partial charge in [-0.1, -0.05) is 56.1 Å². The van der Waals surface area contributed by atoms with Crippen LogP contribution in [-0.4, -0.2) is 55.0 Å². The highest BCUT2D eigenvalue weighted by atomic mass is 35.5. The van der Waals surface area contributed by atoms with E-state index in [1.807, 2.05) is 29.2 Å². The van der Waals surface area contributed by atoms with Crippen molar-refractivity contribution in [3.05, 3.63) is 81.0 Å². The van der Waals surface area contributed by atoms with Crippen LogP contribution in [0.2, 0.25) is 5.02 Å². The number of methoxy groups -OCH3 is 1. The average molecular weight is 541 g/mol. The predicted octanol–water partition coefficient (Wildman–Crippen LogP) is 6.10. The zero-order valence-electron chi connectivity index (χ0n) is 21.5. The Hall–Kier alpha value is -3.03. The fourth-order valence-corrected chi connectivity index (χ4v) is 5.71. The summed E-state index contributed by atoms with van der Waals surface area (Å²) in [5.74, 6) is 1.19. The zero-order chi connectivity index (χ0) is 26.4. The maximum Gasteiger partial charge on any atom is 0.255 e. The summed E-state index contributed by atoms with van der Waals surface area (Å²) < 4.78 is 11.6. The molecule has 0 radical (unpaired) electrons. The summed E-state index contributed by atoms with van der Waals surface area (Å²) in [6, 6.07) is 16.3. The van der Waals surface area contributed by atoms with Gasteiger partial charge in [0.15, 0.2) is 11.5 Å². The van der Waals surface area contributed by atoms with E-state index in [2.05, 4.69) is 25.3 Å². The number of amides is 2. The Balaban J connectivity index is 1.56. The fraction of sp³-hybridized carbons (Fsp3) is 0.379. The minimum absolute atomic E-state index is 0.0149. The molecule has 2 heterocycles. The minimum atomic E-state index is -0.256. The topological polar surface area (TPSA) is 59.1 Å². The number of fused-ring (bicyclic) bond motifs is 1. The molecule has 3 aromatic rings. The summed E-state index contributed by atoms with van der Waals surface area (Å²) in [7, 11) is 1.61. The Morgan fingerprint density at radius 1 is 1.14 bits per heavy atom. The monoisotopic (exact) mass is 540 g/mol. The molecule has 2 unspecified atom stereocenters. The second kappa shape index (κ2) is 12.5. The number of carbonyl (C=O) groups is 2. The van der Waals surface area contributed by atoms with Crippen molar-refractivity contribution in [1.82, 2.24) is 9.80 Å². The number of nitrogens with zero attached hydrogens (tertiary/aromatic N) is 2. The number of hydrogen-bond acceptors (Lipinski definition) is 5. The Bertz CT molecular complexity index is 1230. The SMILES string of the molecule is CCC(C)CN(CC(=O)N1CCc2sccc2C1COc1ccccc1OC)C(=O)c1ccccc1Cl. The molecule has 0 saturated heterocycles. The molecule has 8 heteroatoms. The number of para-hydroxylation sites is 2. The standard InChI is InChI=1S/C29H33ClN2O4S/c1-4-20(2)17-31(29(34)21-9-5-6-10-23(21)30)18-28(33)32-15-13-27-22(14-16-37-27)24(32)19-36-26-12-8-7-11-25(26)35-3/h5-12,14,16,20,24H,4,13,15,17-19H2,1-3H3. The van der Waals surface area contributed by atoms with E-state index in [0.717, 1.165) is 18.4 Å². The second-order valence-corrected chi connectivity index (χ2v) is 10.7. The third kappa shape index (κ3) is 6.28. The van der Waals surface area contributed by atoms with E-state index in [0.29, 0.717) is 41.8 Å². The van der Waals surface area contributed by atoms with Crippen molar-refractivity contribution in [3.8, 4) is 11.5 Å². The molecule has 6 nitrogen and oxygen atoms in total. The highest BCUT2D eigenvalue weighted by Gasteiger charge is 2.34. The largest absolute Gasteiger partial charge is 0.493 e. The Morgan fingerprint density at radius 3 is 2.59 bits per heavy atom. The predicted molar refractivity (Wildman–Crippen MR) is 148 cm³/mol. The summed E-state index contributed by atoms with van der Waals surface area (Å²) in [5.41, 5.74) is 1.51. The number of hydrogen-bond donors (Lipinski definition) is 0. The Labute approximate surface area is 227 Å². The van der Waals surface area contributed by atoms with Crippen molar-refractivity contribution >= 4 is 34.8 Å². The molecule has 2 aromatic carbocycles. The number of thiophene rings is 1. The number of ether oxygens (including phenoxy) is 2. The molecule has 0 aliphatic carbocycles. The smallest absolute Gasteiger partial charge is 0.255 e. The highest BCUT2D eigenvalue weighted by molar-refractivity contribution is 7.10. The van der Waals surface area contributed by atoms with Crippen molar-refractivity contribution in [3.63, 3.8) is 0 Å². The van der Waals surface area contributed by atoms with Crippen LogP contribution in [0.5, 0.6) is 11.5 Å². The van der Waals surface area contributed by atoms with Crippen LogP contribution in [0.4, 0.5) is 0 Å². The van der Waals surface area contributed by atoms with Gasteiger partial charge in [-0.3, -0.25) is 9.59 Å². The van der Waals surface area contributed by atoms with Gasteiger partial charge < -0.3 is 19.3 Å². The van der Waals surface area contributed by atoms with Gasteiger partial charge in [-0.15, -0.1) is 11.3 Å². The van der Waals surface area contributed by atoms with Crippen molar-refractivity contribution in [2.45, 2.75) is 32.7 Å². The van der Waals surface area contributed by atoms with Crippen LogP contribution in [0, 0.1) is 5.92 Å². The van der Waals surface area contributed by atoms with Crippen molar-refractivity contribution < 1.29 is 19.1 Å². The van der Waals surface area contributed by atoms with Crippen molar-refractivity contribution in [1.29, 1.82) is 0 Å². The normalized spacial score (nSPS) is 15.6. The maximum atomic E-state index is 13.8.